The van der Waals surface area contributed by atoms with Gasteiger partial charge >= 0.3 is 0 Å². The van der Waals surface area contributed by atoms with Crippen LogP contribution < -0.4 is 5.32 Å². The highest BCUT2D eigenvalue weighted by Gasteiger charge is 2.33. The monoisotopic (exact) mass is 247 g/mol. The van der Waals surface area contributed by atoms with Gasteiger partial charge in [-0.25, -0.2) is 0 Å². The molecule has 0 aromatic heterocycles. The van der Waals surface area contributed by atoms with Crippen LogP contribution in [0.4, 0.5) is 0 Å². The lowest BCUT2D eigenvalue weighted by Crippen LogP contribution is -2.38. The third kappa shape index (κ3) is 3.56. The zero-order chi connectivity index (χ0) is 13.0. The van der Waals surface area contributed by atoms with Crippen molar-refractivity contribution in [3.63, 3.8) is 0 Å². The Morgan fingerprint density at radius 3 is 2.39 bits per heavy atom. The lowest BCUT2D eigenvalue weighted by molar-refractivity contribution is 0.230. The van der Waals surface area contributed by atoms with E-state index in [0.717, 1.165) is 12.3 Å². The number of nitrogens with one attached hydrogen (secondary N) is 1. The van der Waals surface area contributed by atoms with Gasteiger partial charge in [-0.15, -0.1) is 0 Å². The molecular formula is C16H25NO. The van der Waals surface area contributed by atoms with Gasteiger partial charge in [0.2, 0.25) is 0 Å². The van der Waals surface area contributed by atoms with Crippen molar-refractivity contribution in [2.75, 3.05) is 6.61 Å². The van der Waals surface area contributed by atoms with Crippen molar-refractivity contribution in [2.45, 2.75) is 45.2 Å². The van der Waals surface area contributed by atoms with E-state index in [9.17, 15) is 5.11 Å². The van der Waals surface area contributed by atoms with Gasteiger partial charge in [0.25, 0.3) is 0 Å². The Labute approximate surface area is 110 Å². The van der Waals surface area contributed by atoms with Crippen molar-refractivity contribution in [1.82, 2.24) is 5.32 Å². The summed E-state index contributed by atoms with van der Waals surface area (Å²) in [5.74, 6) is 1.34. The van der Waals surface area contributed by atoms with Gasteiger partial charge in [-0.2, -0.15) is 0 Å². The molecule has 2 nitrogen and oxygen atoms in total. The molecule has 1 saturated carbocycles. The summed E-state index contributed by atoms with van der Waals surface area (Å²) >= 11 is 0. The van der Waals surface area contributed by atoms with Crippen LogP contribution in [0.3, 0.4) is 0 Å². The molecule has 1 aromatic carbocycles. The van der Waals surface area contributed by atoms with Crippen LogP contribution >= 0.6 is 0 Å². The summed E-state index contributed by atoms with van der Waals surface area (Å²) in [6.45, 7) is 4.71. The number of hydrogen-bond donors (Lipinski definition) is 2. The molecule has 0 saturated heterocycles. The maximum absolute atomic E-state index is 9.18. The molecule has 0 bridgehead atoms. The van der Waals surface area contributed by atoms with Gasteiger partial charge in [0.05, 0.1) is 0 Å². The molecule has 100 valence electrons. The molecule has 1 aromatic rings. The first-order valence-electron chi connectivity index (χ1n) is 7.14. The number of aliphatic hydroxyl groups is 1. The highest BCUT2D eigenvalue weighted by Crippen LogP contribution is 2.41. The predicted molar refractivity (Wildman–Crippen MR) is 75.4 cm³/mol. The first-order valence-corrected chi connectivity index (χ1v) is 7.14. The quantitative estimate of drug-likeness (QED) is 0.776. The molecular weight excluding hydrogens is 222 g/mol. The van der Waals surface area contributed by atoms with Crippen molar-refractivity contribution in [1.29, 1.82) is 0 Å². The maximum atomic E-state index is 9.18. The summed E-state index contributed by atoms with van der Waals surface area (Å²) in [7, 11) is 0. The van der Waals surface area contributed by atoms with Crippen molar-refractivity contribution < 1.29 is 5.11 Å². The molecule has 0 aliphatic heterocycles. The summed E-state index contributed by atoms with van der Waals surface area (Å²) in [6, 6.07) is 11.6. The Morgan fingerprint density at radius 1 is 1.22 bits per heavy atom. The molecule has 2 atom stereocenters. The lowest BCUT2D eigenvalue weighted by atomic mass is 9.96. The molecule has 1 aliphatic rings. The van der Waals surface area contributed by atoms with Crippen molar-refractivity contribution >= 4 is 0 Å². The normalized spacial score (nSPS) is 18.9. The van der Waals surface area contributed by atoms with Crippen molar-refractivity contribution in [3.8, 4) is 0 Å². The number of aliphatic hydroxyl groups excluding tert-OH is 1. The van der Waals surface area contributed by atoms with Gasteiger partial charge in [-0.05, 0) is 36.7 Å². The molecule has 2 heteroatoms. The largest absolute Gasteiger partial charge is 0.396 e. The predicted octanol–water partition coefficient (Wildman–Crippen LogP) is 3.13. The summed E-state index contributed by atoms with van der Waals surface area (Å²) in [6.07, 6.45) is 3.50. The van der Waals surface area contributed by atoms with E-state index in [1.165, 1.54) is 18.4 Å². The van der Waals surface area contributed by atoms with E-state index in [1.54, 1.807) is 0 Å². The number of rotatable bonds is 7. The minimum absolute atomic E-state index is 0.266. The molecule has 0 heterocycles. The molecule has 2 unspecified atom stereocenters. The second-order valence-corrected chi connectivity index (χ2v) is 5.76. The molecule has 1 aliphatic carbocycles. The molecule has 2 rings (SSSR count). The third-order valence-corrected chi connectivity index (χ3v) is 3.89. The average molecular weight is 247 g/mol. The SMILES string of the molecule is CC(C)C(CCO)NC(c1ccccc1)C1CC1. The Balaban J connectivity index is 2.06. The topological polar surface area (TPSA) is 32.3 Å². The van der Waals surface area contributed by atoms with E-state index in [0.29, 0.717) is 18.0 Å². The molecule has 0 amide bonds. The van der Waals surface area contributed by atoms with Crippen LogP contribution in [-0.2, 0) is 0 Å². The molecule has 1 fully saturated rings. The van der Waals surface area contributed by atoms with Crippen LogP contribution in [0, 0.1) is 11.8 Å². The van der Waals surface area contributed by atoms with Gasteiger partial charge in [0.1, 0.15) is 0 Å². The van der Waals surface area contributed by atoms with Crippen molar-refractivity contribution in [2.24, 2.45) is 11.8 Å². The van der Waals surface area contributed by atoms with Crippen LogP contribution in [0.25, 0.3) is 0 Å². The fourth-order valence-corrected chi connectivity index (χ4v) is 2.57. The van der Waals surface area contributed by atoms with Gasteiger partial charge in [-0.1, -0.05) is 44.2 Å². The Hall–Kier alpha value is -0.860. The van der Waals surface area contributed by atoms with Gasteiger partial charge in [0, 0.05) is 18.7 Å². The first-order chi connectivity index (χ1) is 8.72. The minimum atomic E-state index is 0.266. The molecule has 0 radical (unpaired) electrons. The highest BCUT2D eigenvalue weighted by atomic mass is 16.3. The van der Waals surface area contributed by atoms with E-state index in [1.807, 2.05) is 0 Å². The zero-order valence-corrected chi connectivity index (χ0v) is 11.5. The fraction of sp³-hybridized carbons (Fsp3) is 0.625. The van der Waals surface area contributed by atoms with E-state index in [-0.39, 0.29) is 6.61 Å². The van der Waals surface area contributed by atoms with E-state index < -0.39 is 0 Å². The van der Waals surface area contributed by atoms with E-state index >= 15 is 0 Å². The van der Waals surface area contributed by atoms with Crippen LogP contribution in [0.15, 0.2) is 30.3 Å². The van der Waals surface area contributed by atoms with E-state index in [4.69, 9.17) is 0 Å². The zero-order valence-electron chi connectivity index (χ0n) is 11.5. The standard InChI is InChI=1S/C16H25NO/c1-12(2)15(10-11-18)17-16(14-8-9-14)13-6-4-3-5-7-13/h3-7,12,14-18H,8-11H2,1-2H3. The van der Waals surface area contributed by atoms with Crippen molar-refractivity contribution in [3.05, 3.63) is 35.9 Å². The minimum Gasteiger partial charge on any atom is -0.396 e. The summed E-state index contributed by atoms with van der Waals surface area (Å²) in [5, 5.41) is 13.0. The average Bonchev–Trinajstić information content (AvgIpc) is 3.19. The highest BCUT2D eigenvalue weighted by molar-refractivity contribution is 5.21. The third-order valence-electron chi connectivity index (χ3n) is 3.89. The van der Waals surface area contributed by atoms with Crippen LogP contribution in [0.2, 0.25) is 0 Å². The second kappa shape index (κ2) is 6.35. The smallest absolute Gasteiger partial charge is 0.0445 e. The summed E-state index contributed by atoms with van der Waals surface area (Å²) < 4.78 is 0. The second-order valence-electron chi connectivity index (χ2n) is 5.76. The van der Waals surface area contributed by atoms with Crippen LogP contribution in [-0.4, -0.2) is 17.8 Å². The maximum Gasteiger partial charge on any atom is 0.0445 e. The molecule has 18 heavy (non-hydrogen) atoms. The summed E-state index contributed by atoms with van der Waals surface area (Å²) in [5.41, 5.74) is 1.39. The molecule has 2 N–H and O–H groups in total. The Morgan fingerprint density at radius 2 is 1.89 bits per heavy atom. The Bertz CT molecular complexity index is 345. The fourth-order valence-electron chi connectivity index (χ4n) is 2.57. The number of benzene rings is 1. The first kappa shape index (κ1) is 13.6. The van der Waals surface area contributed by atoms with Crippen LogP contribution in [0.1, 0.15) is 44.7 Å². The summed E-state index contributed by atoms with van der Waals surface area (Å²) in [4.78, 5) is 0. The Kier molecular flexibility index (Phi) is 4.79. The van der Waals surface area contributed by atoms with E-state index in [2.05, 4.69) is 49.5 Å². The van der Waals surface area contributed by atoms with Gasteiger partial charge in [0.15, 0.2) is 0 Å². The molecule has 0 spiro atoms. The number of hydrogen-bond acceptors (Lipinski definition) is 2. The van der Waals surface area contributed by atoms with Crippen LogP contribution in [0.5, 0.6) is 0 Å². The van der Waals surface area contributed by atoms with Gasteiger partial charge < -0.3 is 10.4 Å². The lowest BCUT2D eigenvalue weighted by Gasteiger charge is -2.28. The van der Waals surface area contributed by atoms with Gasteiger partial charge in [-0.3, -0.25) is 0 Å².